The van der Waals surface area contributed by atoms with E-state index in [1.807, 2.05) is 0 Å². The molecule has 2 nitrogen and oxygen atoms in total. The van der Waals surface area contributed by atoms with Crippen LogP contribution in [0.25, 0.3) is 0 Å². The van der Waals surface area contributed by atoms with Crippen molar-refractivity contribution in [3.05, 3.63) is 0 Å². The second kappa shape index (κ2) is 4.97. The number of carbonyl (C=O) groups is 1. The van der Waals surface area contributed by atoms with Crippen molar-refractivity contribution in [2.45, 2.75) is 46.2 Å². The van der Waals surface area contributed by atoms with Gasteiger partial charge in [-0.2, -0.15) is 26.3 Å². The highest BCUT2D eigenvalue weighted by Gasteiger charge is 2.62. The summed E-state index contributed by atoms with van der Waals surface area (Å²) < 4.78 is 77.4. The third-order valence-electron chi connectivity index (χ3n) is 2.40. The molecule has 0 saturated heterocycles. The van der Waals surface area contributed by atoms with Gasteiger partial charge in [-0.25, -0.2) is 0 Å². The van der Waals surface area contributed by atoms with Gasteiger partial charge in [-0.15, -0.1) is 0 Å². The number of hydrogen-bond donors (Lipinski definition) is 0. The van der Waals surface area contributed by atoms with E-state index in [2.05, 4.69) is 4.74 Å². The maximum atomic E-state index is 12.2. The number of halogens is 6. The lowest BCUT2D eigenvalue weighted by Gasteiger charge is -2.29. The van der Waals surface area contributed by atoms with E-state index in [0.717, 1.165) is 0 Å². The van der Waals surface area contributed by atoms with Gasteiger partial charge >= 0.3 is 18.3 Å². The molecular weight excluding hydrogens is 266 g/mol. The Bertz CT molecular complexity index is 285. The Labute approximate surface area is 100 Å². The van der Waals surface area contributed by atoms with Crippen LogP contribution in [-0.2, 0) is 9.53 Å². The molecule has 108 valence electrons. The minimum Gasteiger partial charge on any atom is -0.461 e. The highest BCUT2D eigenvalue weighted by atomic mass is 19.4. The van der Waals surface area contributed by atoms with E-state index in [1.165, 1.54) is 27.7 Å². The molecule has 0 spiro atoms. The summed E-state index contributed by atoms with van der Waals surface area (Å²) >= 11 is 0. The molecular formula is C10H14F6O2. The van der Waals surface area contributed by atoms with Gasteiger partial charge in [0.25, 0.3) is 0 Å². The average Bonchev–Trinajstić information content (AvgIpc) is 1.94. The van der Waals surface area contributed by atoms with Crippen molar-refractivity contribution >= 4 is 5.97 Å². The Morgan fingerprint density at radius 3 is 1.50 bits per heavy atom. The first-order valence-electron chi connectivity index (χ1n) is 5.01. The van der Waals surface area contributed by atoms with E-state index >= 15 is 0 Å². The van der Waals surface area contributed by atoms with Gasteiger partial charge in [0.15, 0.2) is 0 Å². The molecule has 0 fully saturated rings. The largest absolute Gasteiger partial charge is 0.461 e. The molecule has 0 rings (SSSR count). The van der Waals surface area contributed by atoms with Crippen molar-refractivity contribution in [3.8, 4) is 0 Å². The molecule has 0 amide bonds. The van der Waals surface area contributed by atoms with Gasteiger partial charge in [0, 0.05) is 0 Å². The van der Waals surface area contributed by atoms with Gasteiger partial charge in [0.05, 0.1) is 0 Å². The van der Waals surface area contributed by atoms with E-state index in [9.17, 15) is 31.1 Å². The lowest BCUT2D eigenvalue weighted by atomic mass is 9.90. The van der Waals surface area contributed by atoms with Crippen molar-refractivity contribution in [1.82, 2.24) is 0 Å². The van der Waals surface area contributed by atoms with Crippen LogP contribution in [0.1, 0.15) is 27.7 Å². The fraction of sp³-hybridized carbons (Fsp3) is 0.900. The van der Waals surface area contributed by atoms with Gasteiger partial charge in [-0.3, -0.25) is 4.79 Å². The maximum Gasteiger partial charge on any atom is 0.411 e. The summed E-state index contributed by atoms with van der Waals surface area (Å²) in [5, 5.41) is 0. The summed E-state index contributed by atoms with van der Waals surface area (Å²) in [7, 11) is 0. The Morgan fingerprint density at radius 2 is 1.28 bits per heavy atom. The highest BCUT2D eigenvalue weighted by Crippen LogP contribution is 2.40. The molecule has 0 aromatic heterocycles. The summed E-state index contributed by atoms with van der Waals surface area (Å²) in [4.78, 5) is 11.0. The smallest absolute Gasteiger partial charge is 0.411 e. The van der Waals surface area contributed by atoms with E-state index in [4.69, 9.17) is 0 Å². The van der Waals surface area contributed by atoms with E-state index < -0.39 is 35.8 Å². The van der Waals surface area contributed by atoms with Crippen LogP contribution in [0.5, 0.6) is 0 Å². The van der Waals surface area contributed by atoms with Crippen molar-refractivity contribution < 1.29 is 35.9 Å². The lowest BCUT2D eigenvalue weighted by molar-refractivity contribution is -0.284. The quantitative estimate of drug-likeness (QED) is 0.569. The Kier molecular flexibility index (Phi) is 4.71. The number of esters is 1. The molecule has 8 heteroatoms. The summed E-state index contributed by atoms with van der Waals surface area (Å²) in [5.74, 6) is -6.42. The first-order valence-corrected chi connectivity index (χ1v) is 5.01. The summed E-state index contributed by atoms with van der Waals surface area (Å²) in [6.45, 7) is 5.82. The Hall–Kier alpha value is -0.950. The Balaban J connectivity index is 5.04. The minimum absolute atomic E-state index is 0.753. The van der Waals surface area contributed by atoms with Crippen LogP contribution in [0.15, 0.2) is 0 Å². The van der Waals surface area contributed by atoms with Gasteiger partial charge in [-0.05, 0) is 12.3 Å². The summed E-state index contributed by atoms with van der Waals surface area (Å²) in [6.07, 6.45) is -12.5. The fourth-order valence-electron chi connectivity index (χ4n) is 0.872. The van der Waals surface area contributed by atoms with Crippen LogP contribution in [0, 0.1) is 11.3 Å². The van der Waals surface area contributed by atoms with E-state index in [0.29, 0.717) is 0 Å². The zero-order valence-corrected chi connectivity index (χ0v) is 10.2. The summed E-state index contributed by atoms with van der Waals surface area (Å²) in [5.41, 5.74) is -0.753. The van der Waals surface area contributed by atoms with Crippen LogP contribution < -0.4 is 0 Å². The maximum absolute atomic E-state index is 12.2. The monoisotopic (exact) mass is 280 g/mol. The van der Waals surface area contributed by atoms with E-state index in [1.54, 1.807) is 0 Å². The SMILES string of the molecule is CC(OC(=O)C(C(F)(F)F)C(F)(F)F)C(C)(C)C. The molecule has 0 aliphatic rings. The zero-order chi connectivity index (χ0) is 14.9. The third-order valence-corrected chi connectivity index (χ3v) is 2.40. The second-order valence-electron chi connectivity index (χ2n) is 4.96. The molecule has 1 unspecified atom stereocenters. The zero-order valence-electron chi connectivity index (χ0n) is 10.2. The van der Waals surface area contributed by atoms with Crippen LogP contribution in [0.3, 0.4) is 0 Å². The van der Waals surface area contributed by atoms with Crippen LogP contribution in [-0.4, -0.2) is 24.4 Å². The minimum atomic E-state index is -5.72. The van der Waals surface area contributed by atoms with Gasteiger partial charge < -0.3 is 4.74 Å². The van der Waals surface area contributed by atoms with Crippen LogP contribution in [0.2, 0.25) is 0 Å². The molecule has 18 heavy (non-hydrogen) atoms. The molecule has 0 aromatic carbocycles. The lowest BCUT2D eigenvalue weighted by Crippen LogP contribution is -2.45. The van der Waals surface area contributed by atoms with Crippen molar-refractivity contribution in [2.24, 2.45) is 11.3 Å². The van der Waals surface area contributed by atoms with Gasteiger partial charge in [-0.1, -0.05) is 20.8 Å². The van der Waals surface area contributed by atoms with Crippen molar-refractivity contribution in [2.75, 3.05) is 0 Å². The molecule has 0 aliphatic heterocycles. The Morgan fingerprint density at radius 1 is 0.944 bits per heavy atom. The number of ether oxygens (including phenoxy) is 1. The number of hydrogen-bond acceptors (Lipinski definition) is 2. The van der Waals surface area contributed by atoms with Crippen molar-refractivity contribution in [3.63, 3.8) is 0 Å². The van der Waals surface area contributed by atoms with Crippen LogP contribution in [0.4, 0.5) is 26.3 Å². The molecule has 0 radical (unpaired) electrons. The number of alkyl halides is 6. The topological polar surface area (TPSA) is 26.3 Å². The molecule has 0 N–H and O–H groups in total. The van der Waals surface area contributed by atoms with Crippen molar-refractivity contribution in [1.29, 1.82) is 0 Å². The first kappa shape index (κ1) is 17.1. The normalized spacial score (nSPS) is 15.7. The van der Waals surface area contributed by atoms with Gasteiger partial charge in [0.2, 0.25) is 5.92 Å². The molecule has 0 aromatic rings. The molecule has 0 saturated carbocycles. The predicted octanol–water partition coefficient (Wildman–Crippen LogP) is 3.71. The average molecular weight is 280 g/mol. The van der Waals surface area contributed by atoms with E-state index in [-0.39, 0.29) is 0 Å². The molecule has 0 aliphatic carbocycles. The second-order valence-corrected chi connectivity index (χ2v) is 4.96. The number of carbonyl (C=O) groups excluding carboxylic acids is 1. The third kappa shape index (κ3) is 4.73. The standard InChI is InChI=1S/C10H14F6O2/c1-5(8(2,3)4)18-7(17)6(9(11,12)13)10(14,15)16/h5-6H,1-4H3. The van der Waals surface area contributed by atoms with Gasteiger partial charge in [0.1, 0.15) is 6.10 Å². The predicted molar refractivity (Wildman–Crippen MR) is 50.6 cm³/mol. The number of rotatable bonds is 2. The molecule has 0 heterocycles. The molecule has 1 atom stereocenters. The first-order chi connectivity index (χ1) is 7.67. The fourth-order valence-corrected chi connectivity index (χ4v) is 0.872. The molecule has 0 bridgehead atoms. The highest BCUT2D eigenvalue weighted by molar-refractivity contribution is 5.74. The summed E-state index contributed by atoms with van der Waals surface area (Å²) in [6, 6.07) is 0. The van der Waals surface area contributed by atoms with Crippen LogP contribution >= 0.6 is 0 Å².